The van der Waals surface area contributed by atoms with Crippen molar-refractivity contribution in [3.63, 3.8) is 0 Å². The number of fused-ring (bicyclic) bond motifs is 1. The highest BCUT2D eigenvalue weighted by Crippen LogP contribution is 2.46. The van der Waals surface area contributed by atoms with Crippen LogP contribution in [0.15, 0.2) is 47.9 Å². The molecule has 0 bridgehead atoms. The van der Waals surface area contributed by atoms with Gasteiger partial charge in [-0.05, 0) is 17.7 Å². The molecule has 1 aliphatic heterocycles. The van der Waals surface area contributed by atoms with E-state index < -0.39 is 5.92 Å². The number of benzene rings is 2. The molecule has 23 heavy (non-hydrogen) atoms. The monoisotopic (exact) mass is 346 g/mol. The Bertz CT molecular complexity index is 856. The summed E-state index contributed by atoms with van der Waals surface area (Å²) in [6.45, 7) is 0. The zero-order chi connectivity index (χ0) is 16.6. The zero-order valence-electron chi connectivity index (χ0n) is 12.1. The van der Waals surface area contributed by atoms with Gasteiger partial charge in [-0.25, -0.2) is 0 Å². The van der Waals surface area contributed by atoms with Gasteiger partial charge in [0.25, 0.3) is 0 Å². The molecule has 0 saturated carbocycles. The Labute approximate surface area is 143 Å². The molecule has 1 atom stereocenters. The summed E-state index contributed by atoms with van der Waals surface area (Å²) in [6, 6.07) is 12.8. The van der Waals surface area contributed by atoms with Crippen LogP contribution in [0.2, 0.25) is 10.0 Å². The zero-order valence-corrected chi connectivity index (χ0v) is 13.7. The normalized spacial score (nSPS) is 16.3. The largest absolute Gasteiger partial charge is 0.497 e. The molecule has 2 aromatic carbocycles. The van der Waals surface area contributed by atoms with E-state index in [1.54, 1.807) is 31.4 Å². The van der Waals surface area contributed by atoms with Gasteiger partial charge in [0.1, 0.15) is 23.1 Å². The third kappa shape index (κ3) is 2.59. The fourth-order valence-corrected chi connectivity index (χ4v) is 3.04. The van der Waals surface area contributed by atoms with Crippen molar-refractivity contribution in [2.45, 2.75) is 5.92 Å². The van der Waals surface area contributed by atoms with E-state index in [1.807, 2.05) is 12.1 Å². The number of nitrogens with zero attached hydrogens (tertiary/aromatic N) is 1. The number of allylic oxidation sites excluding steroid dienone is 1. The molecule has 0 spiro atoms. The first-order valence-electron chi connectivity index (χ1n) is 6.76. The van der Waals surface area contributed by atoms with Crippen molar-refractivity contribution in [2.75, 3.05) is 7.11 Å². The molecule has 1 aliphatic rings. The second kappa shape index (κ2) is 6.04. The average Bonchev–Trinajstić information content (AvgIpc) is 2.55. The van der Waals surface area contributed by atoms with Crippen molar-refractivity contribution in [1.29, 1.82) is 5.26 Å². The van der Waals surface area contributed by atoms with Crippen LogP contribution >= 0.6 is 23.2 Å². The van der Waals surface area contributed by atoms with Crippen LogP contribution in [-0.4, -0.2) is 7.11 Å². The maximum Gasteiger partial charge on any atom is 0.205 e. The van der Waals surface area contributed by atoms with E-state index in [2.05, 4.69) is 6.07 Å². The number of halogens is 2. The van der Waals surface area contributed by atoms with Gasteiger partial charge in [0.2, 0.25) is 5.88 Å². The summed E-state index contributed by atoms with van der Waals surface area (Å²) < 4.78 is 10.8. The van der Waals surface area contributed by atoms with Gasteiger partial charge in [0.15, 0.2) is 0 Å². The van der Waals surface area contributed by atoms with E-state index in [9.17, 15) is 5.26 Å². The van der Waals surface area contributed by atoms with Crippen LogP contribution in [0.25, 0.3) is 0 Å². The highest BCUT2D eigenvalue weighted by molar-refractivity contribution is 6.42. The third-order valence-electron chi connectivity index (χ3n) is 3.72. The molecular formula is C17H12Cl2N2O2. The lowest BCUT2D eigenvalue weighted by Gasteiger charge is -2.27. The molecule has 3 rings (SSSR count). The van der Waals surface area contributed by atoms with Gasteiger partial charge < -0.3 is 15.2 Å². The maximum absolute atomic E-state index is 9.51. The van der Waals surface area contributed by atoms with Crippen LogP contribution in [-0.2, 0) is 0 Å². The lowest BCUT2D eigenvalue weighted by Crippen LogP contribution is -2.21. The van der Waals surface area contributed by atoms with Gasteiger partial charge in [0.05, 0.1) is 23.1 Å². The molecule has 0 fully saturated rings. The van der Waals surface area contributed by atoms with E-state index in [0.717, 1.165) is 5.56 Å². The number of ether oxygens (including phenoxy) is 2. The molecule has 0 unspecified atom stereocenters. The molecule has 0 saturated heterocycles. The average molecular weight is 347 g/mol. The van der Waals surface area contributed by atoms with Crippen molar-refractivity contribution >= 4 is 23.2 Å². The van der Waals surface area contributed by atoms with Crippen molar-refractivity contribution in [3.05, 3.63) is 69.0 Å². The van der Waals surface area contributed by atoms with Crippen LogP contribution in [0.3, 0.4) is 0 Å². The lowest BCUT2D eigenvalue weighted by atomic mass is 9.83. The molecule has 2 N–H and O–H groups in total. The number of hydrogen-bond donors (Lipinski definition) is 1. The van der Waals surface area contributed by atoms with E-state index in [1.165, 1.54) is 0 Å². The smallest absolute Gasteiger partial charge is 0.205 e. The molecule has 0 radical (unpaired) electrons. The number of nitriles is 1. The molecule has 4 nitrogen and oxygen atoms in total. The second-order valence-corrected chi connectivity index (χ2v) is 5.76. The highest BCUT2D eigenvalue weighted by atomic mass is 35.5. The molecule has 0 aromatic heterocycles. The van der Waals surface area contributed by atoms with Crippen LogP contribution in [0.1, 0.15) is 17.0 Å². The summed E-state index contributed by atoms with van der Waals surface area (Å²) in [4.78, 5) is 0. The van der Waals surface area contributed by atoms with Gasteiger partial charge in [-0.3, -0.25) is 0 Å². The number of nitrogens with two attached hydrogens (primary N) is 1. The van der Waals surface area contributed by atoms with Gasteiger partial charge in [-0.2, -0.15) is 5.26 Å². The van der Waals surface area contributed by atoms with Crippen molar-refractivity contribution in [1.82, 2.24) is 0 Å². The lowest BCUT2D eigenvalue weighted by molar-refractivity contribution is 0.381. The number of hydrogen-bond acceptors (Lipinski definition) is 4. The maximum atomic E-state index is 9.51. The van der Waals surface area contributed by atoms with Crippen molar-refractivity contribution in [2.24, 2.45) is 5.73 Å². The van der Waals surface area contributed by atoms with Crippen LogP contribution in [0.4, 0.5) is 0 Å². The minimum atomic E-state index is -0.444. The predicted molar refractivity (Wildman–Crippen MR) is 88.8 cm³/mol. The summed E-state index contributed by atoms with van der Waals surface area (Å²) in [7, 11) is 1.57. The molecule has 6 heteroatoms. The van der Waals surface area contributed by atoms with Gasteiger partial charge in [-0.15, -0.1) is 0 Å². The summed E-state index contributed by atoms with van der Waals surface area (Å²) in [6.07, 6.45) is 0. The fraction of sp³-hybridized carbons (Fsp3) is 0.118. The fourth-order valence-electron chi connectivity index (χ4n) is 2.63. The van der Waals surface area contributed by atoms with Gasteiger partial charge in [-0.1, -0.05) is 41.4 Å². The molecule has 0 amide bonds. The van der Waals surface area contributed by atoms with Crippen molar-refractivity contribution < 1.29 is 9.47 Å². The van der Waals surface area contributed by atoms with Gasteiger partial charge >= 0.3 is 0 Å². The SMILES string of the molecule is COc1ccc2c(c1)OC(N)=C(C#N)[C@@H]2c1cccc(Cl)c1Cl. The standard InChI is InChI=1S/C17H12Cl2N2O2/c1-22-9-5-6-10-14(7-9)23-17(21)12(8-20)15(10)11-3-2-4-13(18)16(11)19/h2-7,15H,21H2,1H3/t15-/m0/s1. The highest BCUT2D eigenvalue weighted by Gasteiger charge is 2.32. The number of rotatable bonds is 2. The molecular weight excluding hydrogens is 335 g/mol. The summed E-state index contributed by atoms with van der Waals surface area (Å²) >= 11 is 12.5. The Morgan fingerprint density at radius 1 is 1.22 bits per heavy atom. The van der Waals surface area contributed by atoms with Crippen molar-refractivity contribution in [3.8, 4) is 17.6 Å². The van der Waals surface area contributed by atoms with E-state index in [-0.39, 0.29) is 5.88 Å². The Morgan fingerprint density at radius 2 is 2.00 bits per heavy atom. The number of methoxy groups -OCH3 is 1. The minimum Gasteiger partial charge on any atom is -0.497 e. The first kappa shape index (κ1) is 15.5. The van der Waals surface area contributed by atoms with Crippen LogP contribution in [0, 0.1) is 11.3 Å². The Morgan fingerprint density at radius 3 is 2.70 bits per heavy atom. The summed E-state index contributed by atoms with van der Waals surface area (Å²) in [5.41, 5.74) is 7.71. The van der Waals surface area contributed by atoms with E-state index in [4.69, 9.17) is 38.4 Å². The summed E-state index contributed by atoms with van der Waals surface area (Å²) in [5.74, 6) is 0.768. The summed E-state index contributed by atoms with van der Waals surface area (Å²) in [5, 5.41) is 10.3. The molecule has 2 aromatic rings. The second-order valence-electron chi connectivity index (χ2n) is 4.97. The Kier molecular flexibility index (Phi) is 4.08. The third-order valence-corrected chi connectivity index (χ3v) is 4.55. The Hall–Kier alpha value is -2.35. The molecule has 0 aliphatic carbocycles. The van der Waals surface area contributed by atoms with Crippen LogP contribution in [0.5, 0.6) is 11.5 Å². The van der Waals surface area contributed by atoms with Gasteiger partial charge in [0, 0.05) is 11.6 Å². The first-order chi connectivity index (χ1) is 11.1. The Balaban J connectivity index is 2.26. The van der Waals surface area contributed by atoms with E-state index in [0.29, 0.717) is 32.7 Å². The minimum absolute atomic E-state index is 0.0503. The molecule has 1 heterocycles. The quantitative estimate of drug-likeness (QED) is 0.883. The predicted octanol–water partition coefficient (Wildman–Crippen LogP) is 4.22. The van der Waals surface area contributed by atoms with E-state index >= 15 is 0 Å². The topological polar surface area (TPSA) is 68.3 Å². The first-order valence-corrected chi connectivity index (χ1v) is 7.51. The molecule has 116 valence electrons. The van der Waals surface area contributed by atoms with Crippen LogP contribution < -0.4 is 15.2 Å².